The van der Waals surface area contributed by atoms with Gasteiger partial charge in [0.15, 0.2) is 17.3 Å². The monoisotopic (exact) mass is 579 g/mol. The molecule has 0 fully saturated rings. The van der Waals surface area contributed by atoms with Gasteiger partial charge in [-0.05, 0) is 63.5 Å². The average molecular weight is 580 g/mol. The Morgan fingerprint density at radius 3 is 2.56 bits per heavy atom. The Kier molecular flexibility index (Phi) is 6.69. The molecule has 2 heterocycles. The molecule has 6 aromatic rings. The van der Waals surface area contributed by atoms with E-state index < -0.39 is 0 Å². The number of benzene rings is 4. The van der Waals surface area contributed by atoms with Crippen LogP contribution in [0.5, 0.6) is 11.5 Å². The predicted molar refractivity (Wildman–Crippen MR) is 156 cm³/mol. The molecule has 0 bridgehead atoms. The van der Waals surface area contributed by atoms with Gasteiger partial charge in [-0.1, -0.05) is 60.7 Å². The number of hydrogen-bond donors (Lipinski definition) is 0. The molecular weight excluding hydrogens is 558 g/mol. The maximum absolute atomic E-state index is 13.5. The van der Waals surface area contributed by atoms with E-state index in [0.717, 1.165) is 10.9 Å². The fourth-order valence-electron chi connectivity index (χ4n) is 4.29. The van der Waals surface area contributed by atoms with Gasteiger partial charge in [0.1, 0.15) is 12.2 Å². The van der Waals surface area contributed by atoms with Gasteiger partial charge in [-0.2, -0.15) is 9.78 Å². The second kappa shape index (κ2) is 10.6. The zero-order valence-corrected chi connectivity index (χ0v) is 22.5. The highest BCUT2D eigenvalue weighted by Crippen LogP contribution is 2.37. The van der Waals surface area contributed by atoms with E-state index in [1.54, 1.807) is 37.6 Å². The summed E-state index contributed by atoms with van der Waals surface area (Å²) >= 11 is 3.59. The number of nitrogens with zero attached hydrogens (tertiary/aromatic N) is 3. The Morgan fingerprint density at radius 2 is 1.74 bits per heavy atom. The van der Waals surface area contributed by atoms with Gasteiger partial charge < -0.3 is 13.9 Å². The first-order chi connectivity index (χ1) is 19.1. The SMILES string of the molecule is COc1cc(C=Nn2c(-c3cc4ccccc4o3)nc3ccccc3c2=O)cc(Br)c1OCc1ccccc1. The smallest absolute Gasteiger partial charge is 0.282 e. The lowest BCUT2D eigenvalue weighted by atomic mass is 10.2. The standard InChI is InChI=1S/C31H22BrN3O4/c1-37-27-16-21(15-24(32)29(27)38-19-20-9-3-2-4-10-20)18-33-35-30(28-17-22-11-5-8-14-26(22)39-28)34-25-13-7-6-12-23(25)31(35)36/h2-18H,19H2,1H3. The van der Waals surface area contributed by atoms with E-state index in [-0.39, 0.29) is 5.56 Å². The zero-order chi connectivity index (χ0) is 26.8. The molecule has 0 aliphatic rings. The molecule has 39 heavy (non-hydrogen) atoms. The van der Waals surface area contributed by atoms with Gasteiger partial charge >= 0.3 is 0 Å². The van der Waals surface area contributed by atoms with Gasteiger partial charge in [-0.3, -0.25) is 4.79 Å². The molecule has 0 saturated heterocycles. The molecule has 0 spiro atoms. The van der Waals surface area contributed by atoms with E-state index in [1.807, 2.05) is 72.8 Å². The first-order valence-corrected chi connectivity index (χ1v) is 13.0. The summed E-state index contributed by atoms with van der Waals surface area (Å²) in [5.74, 6) is 1.86. The second-order valence-electron chi connectivity index (χ2n) is 8.77. The highest BCUT2D eigenvalue weighted by atomic mass is 79.9. The van der Waals surface area contributed by atoms with Gasteiger partial charge in [0.25, 0.3) is 5.56 Å². The minimum atomic E-state index is -0.304. The van der Waals surface area contributed by atoms with Crippen molar-refractivity contribution < 1.29 is 13.9 Å². The lowest BCUT2D eigenvalue weighted by molar-refractivity contribution is 0.282. The van der Waals surface area contributed by atoms with Gasteiger partial charge in [0.05, 0.1) is 28.7 Å². The largest absolute Gasteiger partial charge is 0.493 e. The van der Waals surface area contributed by atoms with Crippen molar-refractivity contribution in [1.82, 2.24) is 9.66 Å². The molecular formula is C31H22BrN3O4. The van der Waals surface area contributed by atoms with Crippen LogP contribution in [0.4, 0.5) is 0 Å². The minimum Gasteiger partial charge on any atom is -0.493 e. The average Bonchev–Trinajstić information content (AvgIpc) is 3.40. The van der Waals surface area contributed by atoms with Crippen LogP contribution in [0.3, 0.4) is 0 Å². The third kappa shape index (κ3) is 4.94. The molecule has 0 aliphatic heterocycles. The van der Waals surface area contributed by atoms with E-state index in [1.165, 1.54) is 4.68 Å². The summed E-state index contributed by atoms with van der Waals surface area (Å²) in [6, 6.07) is 30.2. The third-order valence-corrected chi connectivity index (χ3v) is 6.79. The summed E-state index contributed by atoms with van der Waals surface area (Å²) < 4.78 is 19.6. The van der Waals surface area contributed by atoms with Crippen LogP contribution in [0.2, 0.25) is 0 Å². The highest BCUT2D eigenvalue weighted by molar-refractivity contribution is 9.10. The van der Waals surface area contributed by atoms with Gasteiger partial charge in [0, 0.05) is 5.39 Å². The van der Waals surface area contributed by atoms with E-state index in [4.69, 9.17) is 18.9 Å². The maximum atomic E-state index is 13.5. The van der Waals surface area contributed by atoms with Gasteiger partial charge in [-0.25, -0.2) is 4.98 Å². The van der Waals surface area contributed by atoms with Crippen LogP contribution in [0.15, 0.2) is 116 Å². The van der Waals surface area contributed by atoms with Crippen molar-refractivity contribution in [2.24, 2.45) is 5.10 Å². The van der Waals surface area contributed by atoms with Crippen LogP contribution < -0.4 is 15.0 Å². The molecule has 2 aromatic heterocycles. The summed E-state index contributed by atoms with van der Waals surface area (Å²) in [6.07, 6.45) is 1.58. The lowest BCUT2D eigenvalue weighted by Gasteiger charge is -2.13. The number of para-hydroxylation sites is 2. The topological polar surface area (TPSA) is 78.9 Å². The normalized spacial score (nSPS) is 11.4. The summed E-state index contributed by atoms with van der Waals surface area (Å²) in [7, 11) is 1.58. The number of hydrogen-bond acceptors (Lipinski definition) is 6. The predicted octanol–water partition coefficient (Wildman–Crippen LogP) is 7.04. The molecule has 4 aromatic carbocycles. The van der Waals surface area contributed by atoms with Crippen LogP contribution in [0.25, 0.3) is 33.5 Å². The molecule has 8 heteroatoms. The highest BCUT2D eigenvalue weighted by Gasteiger charge is 2.17. The maximum Gasteiger partial charge on any atom is 0.282 e. The Hall–Kier alpha value is -4.69. The molecule has 7 nitrogen and oxygen atoms in total. The van der Waals surface area contributed by atoms with Crippen LogP contribution in [-0.4, -0.2) is 23.0 Å². The number of fused-ring (bicyclic) bond motifs is 2. The van der Waals surface area contributed by atoms with Crippen LogP contribution >= 0.6 is 15.9 Å². The Morgan fingerprint density at radius 1 is 0.974 bits per heavy atom. The first kappa shape index (κ1) is 24.6. The van der Waals surface area contributed by atoms with E-state index in [2.05, 4.69) is 21.0 Å². The number of methoxy groups -OCH3 is 1. The molecule has 0 saturated carbocycles. The Bertz CT molecular complexity index is 1860. The molecule has 0 N–H and O–H groups in total. The van der Waals surface area contributed by atoms with E-state index in [9.17, 15) is 4.79 Å². The van der Waals surface area contributed by atoms with Crippen LogP contribution in [0, 0.1) is 0 Å². The number of furan rings is 1. The zero-order valence-electron chi connectivity index (χ0n) is 20.9. The fourth-order valence-corrected chi connectivity index (χ4v) is 4.87. The number of halogens is 1. The summed E-state index contributed by atoms with van der Waals surface area (Å²) in [6.45, 7) is 0.391. The van der Waals surface area contributed by atoms with Gasteiger partial charge in [0.2, 0.25) is 5.82 Å². The number of aromatic nitrogens is 2. The van der Waals surface area contributed by atoms with Crippen molar-refractivity contribution in [3.05, 3.63) is 123 Å². The molecule has 0 atom stereocenters. The Labute approximate surface area is 232 Å². The molecule has 6 rings (SSSR count). The van der Waals surface area contributed by atoms with E-state index in [0.29, 0.717) is 56.2 Å². The van der Waals surface area contributed by atoms with Crippen LogP contribution in [0.1, 0.15) is 11.1 Å². The molecule has 0 radical (unpaired) electrons. The molecule has 0 amide bonds. The second-order valence-corrected chi connectivity index (χ2v) is 9.63. The number of ether oxygens (including phenoxy) is 2. The Balaban J connectivity index is 1.40. The quantitative estimate of drug-likeness (QED) is 0.189. The molecule has 0 aliphatic carbocycles. The summed E-state index contributed by atoms with van der Waals surface area (Å²) in [5, 5.41) is 5.92. The van der Waals surface area contributed by atoms with Crippen molar-refractivity contribution in [3.63, 3.8) is 0 Å². The fraction of sp³-hybridized carbons (Fsp3) is 0.0645. The van der Waals surface area contributed by atoms with Crippen molar-refractivity contribution in [2.75, 3.05) is 7.11 Å². The summed E-state index contributed by atoms with van der Waals surface area (Å²) in [4.78, 5) is 18.3. The van der Waals surface area contributed by atoms with E-state index >= 15 is 0 Å². The van der Waals surface area contributed by atoms with Crippen molar-refractivity contribution in [1.29, 1.82) is 0 Å². The molecule has 192 valence electrons. The summed E-state index contributed by atoms with van der Waals surface area (Å²) in [5.41, 5.74) is 2.69. The van der Waals surface area contributed by atoms with Crippen molar-refractivity contribution in [3.8, 4) is 23.1 Å². The molecule has 0 unspecified atom stereocenters. The van der Waals surface area contributed by atoms with Gasteiger partial charge in [-0.15, -0.1) is 0 Å². The lowest BCUT2D eigenvalue weighted by Crippen LogP contribution is -2.20. The van der Waals surface area contributed by atoms with Crippen LogP contribution in [-0.2, 0) is 6.61 Å². The third-order valence-electron chi connectivity index (χ3n) is 6.20. The van der Waals surface area contributed by atoms with Crippen molar-refractivity contribution >= 4 is 44.0 Å². The minimum absolute atomic E-state index is 0.304. The number of rotatable bonds is 7. The van der Waals surface area contributed by atoms with Crippen molar-refractivity contribution in [2.45, 2.75) is 6.61 Å². The first-order valence-electron chi connectivity index (χ1n) is 12.2.